The summed E-state index contributed by atoms with van der Waals surface area (Å²) in [5.74, 6) is 0.427. The molecule has 3 atom stereocenters. The third-order valence-electron chi connectivity index (χ3n) is 5.14. The van der Waals surface area contributed by atoms with Gasteiger partial charge in [-0.1, -0.05) is 48.0 Å². The maximum absolute atomic E-state index is 11.5. The molecule has 1 aliphatic carbocycles. The molecule has 24 heavy (non-hydrogen) atoms. The molecule has 1 N–H and O–H groups in total. The molecule has 0 unspecified atom stereocenters. The lowest BCUT2D eigenvalue weighted by molar-refractivity contribution is -0.385. The van der Waals surface area contributed by atoms with Crippen molar-refractivity contribution in [2.75, 3.05) is 5.32 Å². The van der Waals surface area contributed by atoms with E-state index in [1.54, 1.807) is 12.1 Å². The van der Waals surface area contributed by atoms with Gasteiger partial charge in [0.05, 0.1) is 16.5 Å². The van der Waals surface area contributed by atoms with Crippen molar-refractivity contribution >= 4 is 23.0 Å². The Morgan fingerprint density at radius 2 is 2.04 bits per heavy atom. The Kier molecular flexibility index (Phi) is 3.57. The summed E-state index contributed by atoms with van der Waals surface area (Å²) in [5, 5.41) is 15.8. The number of rotatable bonds is 2. The van der Waals surface area contributed by atoms with Crippen LogP contribution in [0.25, 0.3) is 0 Å². The second kappa shape index (κ2) is 5.64. The van der Waals surface area contributed by atoms with Gasteiger partial charge in [-0.15, -0.1) is 0 Å². The quantitative estimate of drug-likeness (QED) is 0.453. The van der Waals surface area contributed by atoms with Gasteiger partial charge in [-0.05, 0) is 30.9 Å². The fourth-order valence-electron chi connectivity index (χ4n) is 4.03. The van der Waals surface area contributed by atoms with E-state index >= 15 is 0 Å². The Morgan fingerprint density at radius 1 is 1.25 bits per heavy atom. The normalized spacial score (nSPS) is 24.2. The van der Waals surface area contributed by atoms with Crippen molar-refractivity contribution < 1.29 is 4.92 Å². The first-order valence-corrected chi connectivity index (χ1v) is 8.41. The van der Waals surface area contributed by atoms with Gasteiger partial charge in [0.25, 0.3) is 5.69 Å². The highest BCUT2D eigenvalue weighted by Gasteiger charge is 2.41. The first-order chi connectivity index (χ1) is 11.6. The molecule has 0 aromatic heterocycles. The highest BCUT2D eigenvalue weighted by atomic mass is 35.5. The highest BCUT2D eigenvalue weighted by Crippen LogP contribution is 2.53. The monoisotopic (exact) mass is 340 g/mol. The minimum atomic E-state index is -0.297. The van der Waals surface area contributed by atoms with Crippen LogP contribution in [0, 0.1) is 23.0 Å². The van der Waals surface area contributed by atoms with Crippen molar-refractivity contribution in [2.45, 2.75) is 25.3 Å². The summed E-state index contributed by atoms with van der Waals surface area (Å²) in [4.78, 5) is 11.2. The minimum absolute atomic E-state index is 0.101. The Morgan fingerprint density at radius 3 is 2.83 bits per heavy atom. The van der Waals surface area contributed by atoms with Crippen molar-refractivity contribution in [3.8, 4) is 0 Å². The summed E-state index contributed by atoms with van der Waals surface area (Å²) in [5.41, 5.74) is 4.15. The van der Waals surface area contributed by atoms with Crippen molar-refractivity contribution in [1.29, 1.82) is 0 Å². The molecule has 2 aliphatic rings. The molecule has 5 heteroatoms. The van der Waals surface area contributed by atoms with Crippen LogP contribution in [0.2, 0.25) is 5.02 Å². The molecule has 0 spiro atoms. The molecule has 0 bridgehead atoms. The number of nitro benzene ring substituents is 1. The van der Waals surface area contributed by atoms with Gasteiger partial charge in [0.1, 0.15) is 0 Å². The second-order valence-electron chi connectivity index (χ2n) is 6.44. The first-order valence-electron chi connectivity index (χ1n) is 8.03. The van der Waals surface area contributed by atoms with Gasteiger partial charge >= 0.3 is 0 Å². The van der Waals surface area contributed by atoms with Crippen LogP contribution in [-0.2, 0) is 0 Å². The number of para-hydroxylation sites is 1. The molecule has 122 valence electrons. The Balaban J connectivity index is 1.88. The number of aryl methyl sites for hydroxylation is 1. The molecule has 4 nitrogen and oxygen atoms in total. The zero-order valence-corrected chi connectivity index (χ0v) is 14.0. The lowest BCUT2D eigenvalue weighted by Gasteiger charge is -2.38. The largest absolute Gasteiger partial charge is 0.377 e. The Labute approximate surface area is 145 Å². The lowest BCUT2D eigenvalue weighted by atomic mass is 9.76. The molecule has 0 fully saturated rings. The molecule has 0 radical (unpaired) electrons. The number of anilines is 1. The third kappa shape index (κ3) is 2.21. The fraction of sp³-hybridized carbons (Fsp3) is 0.263. The Hall–Kier alpha value is -2.33. The summed E-state index contributed by atoms with van der Waals surface area (Å²) in [6, 6.07) is 10.8. The van der Waals surface area contributed by atoms with E-state index in [1.165, 1.54) is 0 Å². The topological polar surface area (TPSA) is 55.2 Å². The van der Waals surface area contributed by atoms with Gasteiger partial charge in [0.2, 0.25) is 0 Å². The predicted octanol–water partition coefficient (Wildman–Crippen LogP) is 5.38. The summed E-state index contributed by atoms with van der Waals surface area (Å²) in [7, 11) is 0. The van der Waals surface area contributed by atoms with Gasteiger partial charge in [-0.2, -0.15) is 0 Å². The summed E-state index contributed by atoms with van der Waals surface area (Å²) in [6.45, 7) is 2.04. The van der Waals surface area contributed by atoms with Crippen molar-refractivity contribution in [3.05, 3.63) is 80.4 Å². The molecular weight excluding hydrogens is 324 g/mol. The lowest BCUT2D eigenvalue weighted by Crippen LogP contribution is -2.30. The third-order valence-corrected chi connectivity index (χ3v) is 5.47. The minimum Gasteiger partial charge on any atom is -0.377 e. The van der Waals surface area contributed by atoms with Crippen LogP contribution in [0.1, 0.15) is 35.1 Å². The van der Waals surface area contributed by atoms with Crippen LogP contribution in [-0.4, -0.2) is 4.92 Å². The summed E-state index contributed by atoms with van der Waals surface area (Å²) < 4.78 is 0. The maximum atomic E-state index is 11.5. The van der Waals surface area contributed by atoms with E-state index in [0.29, 0.717) is 0 Å². The fourth-order valence-corrected chi connectivity index (χ4v) is 4.32. The molecule has 0 saturated carbocycles. The van der Waals surface area contributed by atoms with Crippen LogP contribution in [0.3, 0.4) is 0 Å². The molecule has 1 heterocycles. The zero-order valence-electron chi connectivity index (χ0n) is 13.2. The Bertz CT molecular complexity index is 862. The zero-order chi connectivity index (χ0) is 16.8. The number of nitrogens with one attached hydrogen (secondary N) is 1. The molecule has 0 saturated heterocycles. The smallest absolute Gasteiger partial charge is 0.274 e. The first kappa shape index (κ1) is 15.2. The average Bonchev–Trinajstić information content (AvgIpc) is 3.06. The van der Waals surface area contributed by atoms with E-state index < -0.39 is 0 Å². The number of hydrogen-bond donors (Lipinski definition) is 1. The van der Waals surface area contributed by atoms with Gasteiger partial charge in [0, 0.05) is 28.3 Å². The summed E-state index contributed by atoms with van der Waals surface area (Å²) >= 11 is 6.47. The van der Waals surface area contributed by atoms with Gasteiger partial charge < -0.3 is 5.32 Å². The SMILES string of the molecule is Cc1ccc(Cl)c2c1N[C@H](c1ccccc1[N+](=O)[O-])[C@H]1CC=C[C@@H]21. The molecule has 4 rings (SSSR count). The average molecular weight is 341 g/mol. The van der Waals surface area contributed by atoms with Crippen LogP contribution in [0.15, 0.2) is 48.6 Å². The maximum Gasteiger partial charge on any atom is 0.274 e. The molecule has 0 amide bonds. The van der Waals surface area contributed by atoms with Crippen molar-refractivity contribution in [1.82, 2.24) is 0 Å². The van der Waals surface area contributed by atoms with Crippen LogP contribution >= 0.6 is 11.6 Å². The van der Waals surface area contributed by atoms with Crippen molar-refractivity contribution in [3.63, 3.8) is 0 Å². The predicted molar refractivity (Wildman–Crippen MR) is 95.6 cm³/mol. The number of fused-ring (bicyclic) bond motifs is 3. The van der Waals surface area contributed by atoms with E-state index in [1.807, 2.05) is 31.2 Å². The number of allylic oxidation sites excluding steroid dienone is 2. The number of nitro groups is 1. The van der Waals surface area contributed by atoms with Crippen LogP contribution < -0.4 is 5.32 Å². The summed E-state index contributed by atoms with van der Waals surface area (Å²) in [6.07, 6.45) is 5.24. The van der Waals surface area contributed by atoms with E-state index in [0.717, 1.165) is 33.8 Å². The van der Waals surface area contributed by atoms with E-state index in [4.69, 9.17) is 11.6 Å². The van der Waals surface area contributed by atoms with Gasteiger partial charge in [0.15, 0.2) is 0 Å². The molecule has 1 aliphatic heterocycles. The number of nitrogens with zero attached hydrogens (tertiary/aromatic N) is 1. The molecule has 2 aromatic carbocycles. The van der Waals surface area contributed by atoms with Crippen LogP contribution in [0.4, 0.5) is 11.4 Å². The molecular formula is C19H17ClN2O2. The van der Waals surface area contributed by atoms with Gasteiger partial charge in [-0.3, -0.25) is 10.1 Å². The molecule has 2 aromatic rings. The van der Waals surface area contributed by atoms with Gasteiger partial charge in [-0.25, -0.2) is 0 Å². The van der Waals surface area contributed by atoms with Crippen LogP contribution in [0.5, 0.6) is 0 Å². The number of hydrogen-bond acceptors (Lipinski definition) is 3. The van der Waals surface area contributed by atoms with E-state index in [-0.39, 0.29) is 28.5 Å². The van der Waals surface area contributed by atoms with E-state index in [2.05, 4.69) is 17.5 Å². The standard InChI is InChI=1S/C19H17ClN2O2/c1-11-9-10-15(20)17-12-6-4-7-13(12)19(21-18(11)17)14-5-2-3-8-16(14)22(23)24/h2-6,8-10,12-13,19,21H,7H2,1H3/t12-,13+,19+/m1/s1. The second-order valence-corrected chi connectivity index (χ2v) is 6.85. The van der Waals surface area contributed by atoms with Crippen molar-refractivity contribution in [2.24, 2.45) is 5.92 Å². The highest BCUT2D eigenvalue weighted by molar-refractivity contribution is 6.32. The van der Waals surface area contributed by atoms with E-state index in [9.17, 15) is 10.1 Å². The number of benzene rings is 2. The number of halogens is 1.